The van der Waals surface area contributed by atoms with Crippen LogP contribution in [0.2, 0.25) is 0 Å². The number of phenolic OH excluding ortho intramolecular Hbond substituents is 2. The molecule has 0 fully saturated rings. The van der Waals surface area contributed by atoms with Crippen LogP contribution in [0, 0.1) is 0 Å². The van der Waals surface area contributed by atoms with E-state index in [-0.39, 0.29) is 17.9 Å². The van der Waals surface area contributed by atoms with E-state index in [0.29, 0.717) is 6.42 Å². The second-order valence-corrected chi connectivity index (χ2v) is 5.69. The lowest BCUT2D eigenvalue weighted by atomic mass is 10.1. The molecule has 8 heteroatoms. The van der Waals surface area contributed by atoms with Crippen molar-refractivity contribution in [2.75, 3.05) is 0 Å². The van der Waals surface area contributed by atoms with Crippen LogP contribution in [0.1, 0.15) is 11.1 Å². The topological polar surface area (TPSA) is 173 Å². The molecular weight excluding hydrogens is 338 g/mol. The summed E-state index contributed by atoms with van der Waals surface area (Å²) in [6, 6.07) is 11.3. The minimum atomic E-state index is -1.02. The fraction of sp³-hybridized carbons (Fsp3) is 0.222. The average molecular weight is 361 g/mol. The molecule has 0 radical (unpaired) electrons. The highest BCUT2D eigenvalue weighted by Gasteiger charge is 2.11. The van der Waals surface area contributed by atoms with Gasteiger partial charge in [-0.15, -0.1) is 0 Å². The van der Waals surface area contributed by atoms with Gasteiger partial charge in [-0.2, -0.15) is 0 Å². The van der Waals surface area contributed by atoms with Gasteiger partial charge in [0.05, 0.1) is 6.04 Å². The van der Waals surface area contributed by atoms with E-state index in [4.69, 9.17) is 32.5 Å². The first-order valence-corrected chi connectivity index (χ1v) is 7.78. The van der Waals surface area contributed by atoms with Crippen molar-refractivity contribution in [2.45, 2.75) is 24.9 Å². The lowest BCUT2D eigenvalue weighted by Crippen LogP contribution is -2.38. The lowest BCUT2D eigenvalue weighted by molar-refractivity contribution is -0.138. The molecule has 2 aromatic rings. The Hall–Kier alpha value is -3.10. The van der Waals surface area contributed by atoms with Gasteiger partial charge in [0.15, 0.2) is 0 Å². The number of phenols is 2. The molecule has 1 amide bonds. The summed E-state index contributed by atoms with van der Waals surface area (Å²) >= 11 is 0. The number of aromatic hydroxyl groups is 2. The maximum atomic E-state index is 10.6. The fourth-order valence-corrected chi connectivity index (χ4v) is 1.96. The van der Waals surface area contributed by atoms with Crippen LogP contribution in [0.25, 0.3) is 0 Å². The highest BCUT2D eigenvalue weighted by Crippen LogP contribution is 2.11. The van der Waals surface area contributed by atoms with Crippen molar-refractivity contribution in [1.82, 2.24) is 0 Å². The van der Waals surface area contributed by atoms with Crippen molar-refractivity contribution >= 4 is 11.9 Å². The molecule has 2 unspecified atom stereocenters. The number of rotatable bonds is 6. The van der Waals surface area contributed by atoms with E-state index in [1.165, 1.54) is 12.1 Å². The molecule has 9 N–H and O–H groups in total. The van der Waals surface area contributed by atoms with Crippen molar-refractivity contribution in [3.8, 4) is 11.5 Å². The van der Waals surface area contributed by atoms with Crippen molar-refractivity contribution in [1.29, 1.82) is 0 Å². The Morgan fingerprint density at radius 3 is 1.42 bits per heavy atom. The van der Waals surface area contributed by atoms with Crippen molar-refractivity contribution in [2.24, 2.45) is 17.2 Å². The molecule has 0 aliphatic rings. The molecule has 0 bridgehead atoms. The molecule has 0 heterocycles. The zero-order valence-electron chi connectivity index (χ0n) is 14.1. The van der Waals surface area contributed by atoms with Crippen LogP contribution in [0.15, 0.2) is 48.5 Å². The number of primary amides is 1. The second-order valence-electron chi connectivity index (χ2n) is 5.69. The Bertz CT molecular complexity index is 653. The largest absolute Gasteiger partial charge is 0.508 e. The zero-order valence-corrected chi connectivity index (χ0v) is 14.1. The first kappa shape index (κ1) is 20.9. The summed E-state index contributed by atoms with van der Waals surface area (Å²) in [6.45, 7) is 0. The molecule has 0 saturated carbocycles. The third-order valence-electron chi connectivity index (χ3n) is 3.47. The number of carbonyl (C=O) groups excluding carboxylic acids is 1. The normalized spacial score (nSPS) is 12.4. The van der Waals surface area contributed by atoms with Crippen molar-refractivity contribution < 1.29 is 24.9 Å². The summed E-state index contributed by atoms with van der Waals surface area (Å²) in [4.78, 5) is 21.0. The molecule has 140 valence electrons. The van der Waals surface area contributed by atoms with Crippen LogP contribution in [-0.4, -0.2) is 39.3 Å². The Morgan fingerprint density at radius 1 is 0.769 bits per heavy atom. The molecule has 2 atom stereocenters. The fourth-order valence-electron chi connectivity index (χ4n) is 1.96. The zero-order chi connectivity index (χ0) is 19.7. The van der Waals surface area contributed by atoms with Gasteiger partial charge < -0.3 is 32.5 Å². The van der Waals surface area contributed by atoms with E-state index >= 15 is 0 Å². The summed E-state index contributed by atoms with van der Waals surface area (Å²) in [7, 11) is 0. The van der Waals surface area contributed by atoms with E-state index in [2.05, 4.69) is 0 Å². The maximum Gasteiger partial charge on any atom is 0.320 e. The number of hydrogen-bond acceptors (Lipinski definition) is 6. The first-order valence-electron chi connectivity index (χ1n) is 7.78. The number of carboxylic acid groups (broad SMARTS) is 1. The van der Waals surface area contributed by atoms with Crippen molar-refractivity contribution in [3.63, 3.8) is 0 Å². The number of benzene rings is 2. The standard InChI is InChI=1S/C9H12N2O2.C9H11NO3/c10-8(9(11)13)5-6-1-3-7(12)4-2-6;10-8(9(12)13)5-6-1-3-7(11)4-2-6/h1-4,8,12H,5,10H2,(H2,11,13);1-4,8,11H,5,10H2,(H,12,13). The SMILES string of the molecule is NC(=O)C(N)Cc1ccc(O)cc1.NC(Cc1ccc(O)cc1)C(=O)O. The van der Waals surface area contributed by atoms with Gasteiger partial charge in [-0.3, -0.25) is 9.59 Å². The number of hydrogen-bond donors (Lipinski definition) is 6. The van der Waals surface area contributed by atoms with E-state index in [9.17, 15) is 9.59 Å². The Balaban J connectivity index is 0.000000260. The number of nitrogens with two attached hydrogens (primary N) is 3. The second kappa shape index (κ2) is 10.0. The monoisotopic (exact) mass is 361 g/mol. The minimum Gasteiger partial charge on any atom is -0.508 e. The summed E-state index contributed by atoms with van der Waals surface area (Å²) < 4.78 is 0. The van der Waals surface area contributed by atoms with Gasteiger partial charge in [0, 0.05) is 0 Å². The predicted molar refractivity (Wildman–Crippen MR) is 96.4 cm³/mol. The molecule has 0 aromatic heterocycles. The van der Waals surface area contributed by atoms with Gasteiger partial charge in [-0.25, -0.2) is 0 Å². The van der Waals surface area contributed by atoms with Gasteiger partial charge in [0.2, 0.25) is 5.91 Å². The Morgan fingerprint density at radius 2 is 1.12 bits per heavy atom. The molecule has 0 aliphatic carbocycles. The number of carboxylic acids is 1. The number of amides is 1. The van der Waals surface area contributed by atoms with E-state index in [1.807, 2.05) is 0 Å². The van der Waals surface area contributed by atoms with Crippen LogP contribution in [0.3, 0.4) is 0 Å². The lowest BCUT2D eigenvalue weighted by Gasteiger charge is -2.06. The quantitative estimate of drug-likeness (QED) is 0.423. The average Bonchev–Trinajstić information content (AvgIpc) is 2.59. The highest BCUT2D eigenvalue weighted by molar-refractivity contribution is 5.79. The van der Waals surface area contributed by atoms with Gasteiger partial charge in [0.1, 0.15) is 17.5 Å². The summed E-state index contributed by atoms with van der Waals surface area (Å²) in [6.07, 6.45) is 0.672. The Labute approximate surface area is 150 Å². The minimum absolute atomic E-state index is 0.160. The van der Waals surface area contributed by atoms with Gasteiger partial charge in [0.25, 0.3) is 0 Å². The van der Waals surface area contributed by atoms with Gasteiger partial charge in [-0.1, -0.05) is 24.3 Å². The maximum absolute atomic E-state index is 10.6. The smallest absolute Gasteiger partial charge is 0.320 e. The number of carbonyl (C=O) groups is 2. The molecule has 2 rings (SSSR count). The van der Waals surface area contributed by atoms with Crippen LogP contribution in [0.5, 0.6) is 11.5 Å². The molecule has 0 saturated heterocycles. The predicted octanol–water partition coefficient (Wildman–Crippen LogP) is 0.0939. The molecular formula is C18H23N3O5. The third kappa shape index (κ3) is 7.65. The third-order valence-corrected chi connectivity index (χ3v) is 3.47. The summed E-state index contributed by atoms with van der Waals surface area (Å²) in [5, 5.41) is 26.5. The van der Waals surface area contributed by atoms with E-state index in [1.54, 1.807) is 36.4 Å². The van der Waals surface area contributed by atoms with Crippen LogP contribution >= 0.6 is 0 Å². The van der Waals surface area contributed by atoms with Crippen LogP contribution in [0.4, 0.5) is 0 Å². The van der Waals surface area contributed by atoms with Crippen molar-refractivity contribution in [3.05, 3.63) is 59.7 Å². The first-order chi connectivity index (χ1) is 12.2. The summed E-state index contributed by atoms with van der Waals surface area (Å²) in [5.74, 6) is -1.19. The van der Waals surface area contributed by atoms with Gasteiger partial charge in [-0.05, 0) is 48.2 Å². The molecule has 2 aromatic carbocycles. The molecule has 26 heavy (non-hydrogen) atoms. The van der Waals surface area contributed by atoms with Crippen LogP contribution < -0.4 is 17.2 Å². The number of aliphatic carboxylic acids is 1. The van der Waals surface area contributed by atoms with E-state index < -0.39 is 24.0 Å². The summed E-state index contributed by atoms with van der Waals surface area (Å²) in [5.41, 5.74) is 17.5. The highest BCUT2D eigenvalue weighted by atomic mass is 16.4. The molecule has 0 aliphatic heterocycles. The van der Waals surface area contributed by atoms with Crippen LogP contribution in [-0.2, 0) is 22.4 Å². The molecule has 8 nitrogen and oxygen atoms in total. The molecule has 0 spiro atoms. The Kier molecular flexibility index (Phi) is 8.07. The van der Waals surface area contributed by atoms with E-state index in [0.717, 1.165) is 11.1 Å². The van der Waals surface area contributed by atoms with Gasteiger partial charge >= 0.3 is 5.97 Å².